The zero-order valence-electron chi connectivity index (χ0n) is 14.7. The Morgan fingerprint density at radius 1 is 1.17 bits per heavy atom. The maximum absolute atomic E-state index is 4.62. The second-order valence-electron chi connectivity index (χ2n) is 8.65. The summed E-state index contributed by atoms with van der Waals surface area (Å²) in [7, 11) is 2.00. The molecule has 0 aromatic carbocycles. The third-order valence-electron chi connectivity index (χ3n) is 6.58. The molecule has 3 nitrogen and oxygen atoms in total. The zero-order valence-corrected chi connectivity index (χ0v) is 15.5. The molecule has 4 saturated carbocycles. The summed E-state index contributed by atoms with van der Waals surface area (Å²) in [6.45, 7) is 3.18. The highest BCUT2D eigenvalue weighted by molar-refractivity contribution is 7.15. The predicted molar refractivity (Wildman–Crippen MR) is 99.0 cm³/mol. The van der Waals surface area contributed by atoms with Gasteiger partial charge >= 0.3 is 0 Å². The van der Waals surface area contributed by atoms with Crippen LogP contribution in [0.15, 0.2) is 18.3 Å². The topological polar surface area (TPSA) is 29.9 Å². The first kappa shape index (κ1) is 15.2. The first-order valence-electron chi connectivity index (χ1n) is 9.43. The van der Waals surface area contributed by atoms with Crippen LogP contribution in [0.5, 0.6) is 0 Å². The molecule has 0 atom stereocenters. The SMILES string of the molecule is Cc1cn(C)nc1-c1ccc(CNC23CC4CC(CC(C4)C2)C3)s1. The lowest BCUT2D eigenvalue weighted by Crippen LogP contribution is -2.58. The number of rotatable bonds is 4. The Bertz CT molecular complexity index is 721. The van der Waals surface area contributed by atoms with Gasteiger partial charge in [-0.1, -0.05) is 0 Å². The van der Waals surface area contributed by atoms with Crippen LogP contribution in [0.4, 0.5) is 0 Å². The van der Waals surface area contributed by atoms with Gasteiger partial charge < -0.3 is 5.32 Å². The van der Waals surface area contributed by atoms with Crippen molar-refractivity contribution in [1.82, 2.24) is 15.1 Å². The normalized spacial score (nSPS) is 34.2. The van der Waals surface area contributed by atoms with Crippen molar-refractivity contribution in [3.8, 4) is 10.6 Å². The molecular formula is C20H27N3S. The Balaban J connectivity index is 1.30. The monoisotopic (exact) mass is 341 g/mol. The van der Waals surface area contributed by atoms with Crippen LogP contribution in [0.3, 0.4) is 0 Å². The Kier molecular flexibility index (Phi) is 3.43. The summed E-state index contributed by atoms with van der Waals surface area (Å²) in [5.74, 6) is 3.04. The molecule has 0 spiro atoms. The second kappa shape index (κ2) is 5.43. The van der Waals surface area contributed by atoms with Crippen LogP contribution in [0.1, 0.15) is 49.0 Å². The van der Waals surface area contributed by atoms with Crippen LogP contribution in [0, 0.1) is 24.7 Å². The fourth-order valence-corrected chi connectivity index (χ4v) is 7.05. The molecule has 2 aromatic heterocycles. The summed E-state index contributed by atoms with van der Waals surface area (Å²) in [5, 5.41) is 8.63. The first-order chi connectivity index (χ1) is 11.6. The van der Waals surface area contributed by atoms with E-state index in [2.05, 4.69) is 35.7 Å². The second-order valence-corrected chi connectivity index (χ2v) is 9.82. The van der Waals surface area contributed by atoms with Crippen molar-refractivity contribution in [1.29, 1.82) is 0 Å². The molecule has 4 aliphatic rings. The maximum atomic E-state index is 4.62. The van der Waals surface area contributed by atoms with E-state index in [-0.39, 0.29) is 0 Å². The molecule has 128 valence electrons. The summed E-state index contributed by atoms with van der Waals surface area (Å²) in [5.41, 5.74) is 2.86. The molecule has 4 fully saturated rings. The van der Waals surface area contributed by atoms with Crippen LogP contribution in [0.2, 0.25) is 0 Å². The van der Waals surface area contributed by atoms with Gasteiger partial charge in [-0.15, -0.1) is 11.3 Å². The number of nitrogens with zero attached hydrogens (tertiary/aromatic N) is 2. The number of hydrogen-bond acceptors (Lipinski definition) is 3. The van der Waals surface area contributed by atoms with E-state index < -0.39 is 0 Å². The first-order valence-corrected chi connectivity index (χ1v) is 10.2. The summed E-state index contributed by atoms with van der Waals surface area (Å²) >= 11 is 1.90. The van der Waals surface area contributed by atoms with Crippen molar-refractivity contribution < 1.29 is 0 Å². The van der Waals surface area contributed by atoms with Gasteiger partial charge in [-0.2, -0.15) is 5.10 Å². The number of nitrogens with one attached hydrogen (secondary N) is 1. The molecule has 1 N–H and O–H groups in total. The average Bonchev–Trinajstić information content (AvgIpc) is 3.10. The zero-order chi connectivity index (χ0) is 16.3. The van der Waals surface area contributed by atoms with E-state index in [0.717, 1.165) is 30.0 Å². The van der Waals surface area contributed by atoms with Crippen molar-refractivity contribution >= 4 is 11.3 Å². The van der Waals surface area contributed by atoms with E-state index in [0.29, 0.717) is 5.54 Å². The fraction of sp³-hybridized carbons (Fsp3) is 0.650. The predicted octanol–water partition coefficient (Wildman–Crippen LogP) is 4.52. The van der Waals surface area contributed by atoms with E-state index in [4.69, 9.17) is 0 Å². The summed E-state index contributed by atoms with van der Waals surface area (Å²) < 4.78 is 1.91. The van der Waals surface area contributed by atoms with Gasteiger partial charge in [0.2, 0.25) is 0 Å². The Labute approximate surface area is 148 Å². The lowest BCUT2D eigenvalue weighted by Gasteiger charge is -2.57. The Hall–Kier alpha value is -1.13. The Morgan fingerprint density at radius 3 is 2.42 bits per heavy atom. The lowest BCUT2D eigenvalue weighted by atomic mass is 9.53. The lowest BCUT2D eigenvalue weighted by molar-refractivity contribution is -0.0204. The van der Waals surface area contributed by atoms with E-state index >= 15 is 0 Å². The van der Waals surface area contributed by atoms with Crippen LogP contribution >= 0.6 is 11.3 Å². The molecular weight excluding hydrogens is 314 g/mol. The van der Waals surface area contributed by atoms with E-state index in [9.17, 15) is 0 Å². The van der Waals surface area contributed by atoms with Crippen molar-refractivity contribution in [2.75, 3.05) is 0 Å². The van der Waals surface area contributed by atoms with E-state index in [1.54, 1.807) is 0 Å². The molecule has 6 rings (SSSR count). The summed E-state index contributed by atoms with van der Waals surface area (Å²) in [6, 6.07) is 4.54. The molecule has 0 amide bonds. The minimum atomic E-state index is 0.458. The highest BCUT2D eigenvalue weighted by atomic mass is 32.1. The molecule has 2 aromatic rings. The van der Waals surface area contributed by atoms with Gasteiger partial charge in [0.1, 0.15) is 5.69 Å². The van der Waals surface area contributed by atoms with Crippen molar-refractivity contribution in [3.05, 3.63) is 28.8 Å². The van der Waals surface area contributed by atoms with Crippen LogP contribution < -0.4 is 5.32 Å². The standard InChI is InChI=1S/C20H27N3S/c1-13-12-23(2)22-19(13)18-4-3-17(24-18)11-21-20-8-14-5-15(9-20)7-16(6-14)10-20/h3-4,12,14-16,21H,5-11H2,1-2H3. The maximum Gasteiger partial charge on any atom is 0.105 e. The van der Waals surface area contributed by atoms with Crippen molar-refractivity contribution in [2.24, 2.45) is 24.8 Å². The van der Waals surface area contributed by atoms with Gasteiger partial charge in [0.05, 0.1) is 4.88 Å². The van der Waals surface area contributed by atoms with Crippen molar-refractivity contribution in [2.45, 2.75) is 57.5 Å². The smallest absolute Gasteiger partial charge is 0.105 e. The fourth-order valence-electron chi connectivity index (χ4n) is 6.05. The summed E-state index contributed by atoms with van der Waals surface area (Å²) in [4.78, 5) is 2.75. The third-order valence-corrected chi connectivity index (χ3v) is 7.67. The summed E-state index contributed by atoms with van der Waals surface area (Å²) in [6.07, 6.45) is 10.9. The number of aryl methyl sites for hydroxylation is 2. The highest BCUT2D eigenvalue weighted by Crippen LogP contribution is 2.55. The number of hydrogen-bond donors (Lipinski definition) is 1. The van der Waals surface area contributed by atoms with Gasteiger partial charge in [0.15, 0.2) is 0 Å². The van der Waals surface area contributed by atoms with Crippen LogP contribution in [-0.2, 0) is 13.6 Å². The average molecular weight is 342 g/mol. The van der Waals surface area contributed by atoms with Crippen LogP contribution in [-0.4, -0.2) is 15.3 Å². The van der Waals surface area contributed by atoms with Gasteiger partial charge in [-0.3, -0.25) is 4.68 Å². The van der Waals surface area contributed by atoms with Crippen molar-refractivity contribution in [3.63, 3.8) is 0 Å². The molecule has 2 heterocycles. The van der Waals surface area contributed by atoms with Gasteiger partial charge in [-0.25, -0.2) is 0 Å². The largest absolute Gasteiger partial charge is 0.306 e. The highest BCUT2D eigenvalue weighted by Gasteiger charge is 2.50. The molecule has 0 saturated heterocycles. The minimum Gasteiger partial charge on any atom is -0.306 e. The molecule has 4 heteroatoms. The van der Waals surface area contributed by atoms with E-state index in [1.807, 2.05) is 23.1 Å². The van der Waals surface area contributed by atoms with Crippen LogP contribution in [0.25, 0.3) is 10.6 Å². The molecule has 24 heavy (non-hydrogen) atoms. The van der Waals surface area contributed by atoms with E-state index in [1.165, 1.54) is 53.8 Å². The molecule has 0 radical (unpaired) electrons. The molecule has 4 bridgehead atoms. The number of aromatic nitrogens is 2. The Morgan fingerprint density at radius 2 is 1.83 bits per heavy atom. The molecule has 0 aliphatic heterocycles. The van der Waals surface area contributed by atoms with Gasteiger partial charge in [-0.05, 0) is 80.9 Å². The quantitative estimate of drug-likeness (QED) is 0.886. The number of thiophene rings is 1. The molecule has 0 unspecified atom stereocenters. The van der Waals surface area contributed by atoms with Gasteiger partial charge in [0, 0.05) is 30.2 Å². The third kappa shape index (κ3) is 2.55. The molecule has 4 aliphatic carbocycles. The van der Waals surface area contributed by atoms with Gasteiger partial charge in [0.25, 0.3) is 0 Å². The minimum absolute atomic E-state index is 0.458.